The van der Waals surface area contributed by atoms with Crippen LogP contribution in [0.25, 0.3) is 21.8 Å². The van der Waals surface area contributed by atoms with Crippen molar-refractivity contribution in [3.8, 4) is 5.75 Å². The Kier molecular flexibility index (Phi) is 7.02. The van der Waals surface area contributed by atoms with Crippen LogP contribution in [0.4, 0.5) is 13.2 Å². The van der Waals surface area contributed by atoms with Gasteiger partial charge in [-0.1, -0.05) is 48.5 Å². The number of imidazole rings is 1. The zero-order valence-corrected chi connectivity index (χ0v) is 20.2. The van der Waals surface area contributed by atoms with Crippen LogP contribution in [0.2, 0.25) is 0 Å². The Morgan fingerprint density at radius 2 is 1.71 bits per heavy atom. The van der Waals surface area contributed by atoms with E-state index in [-0.39, 0.29) is 37.8 Å². The van der Waals surface area contributed by atoms with E-state index in [1.807, 2.05) is 42.5 Å². The number of alkyl halides is 3. The van der Waals surface area contributed by atoms with Crippen LogP contribution in [-0.2, 0) is 19.3 Å². The third-order valence-corrected chi connectivity index (χ3v) is 6.23. The first kappa shape index (κ1) is 25.3. The van der Waals surface area contributed by atoms with E-state index in [9.17, 15) is 18.0 Å². The molecule has 4 aromatic carbocycles. The summed E-state index contributed by atoms with van der Waals surface area (Å²) in [6, 6.07) is 23.7. The summed E-state index contributed by atoms with van der Waals surface area (Å²) >= 11 is 0. The lowest BCUT2D eigenvalue weighted by Crippen LogP contribution is -2.26. The maximum atomic E-state index is 13.7. The molecule has 0 unspecified atom stereocenters. The van der Waals surface area contributed by atoms with Gasteiger partial charge in [0.25, 0.3) is 5.91 Å². The van der Waals surface area contributed by atoms with Crippen LogP contribution in [0.1, 0.15) is 27.3 Å². The lowest BCUT2D eigenvalue weighted by Gasteiger charge is -2.15. The highest BCUT2D eigenvalue weighted by atomic mass is 19.4. The number of ether oxygens (including phenoxy) is 1. The number of nitrogens with one attached hydrogen (secondary N) is 1. The minimum atomic E-state index is -4.51. The standard InChI is InChI=1S/C29H24F3N3O3/c30-29(31,32)24-8-4-3-7-22(24)17-35-26-12-10-21(28(37)33-13-14-36)16-25(26)34-27(35)18-38-23-11-9-19-5-1-2-6-20(19)15-23/h1-12,15-16,36H,13-14,17-18H2,(H,33,37). The first-order valence-corrected chi connectivity index (χ1v) is 12.0. The van der Waals surface area contributed by atoms with Crippen LogP contribution < -0.4 is 10.1 Å². The number of benzene rings is 4. The second-order valence-electron chi connectivity index (χ2n) is 8.75. The number of halogens is 3. The summed E-state index contributed by atoms with van der Waals surface area (Å²) in [6.45, 7) is -0.173. The molecule has 0 aliphatic carbocycles. The molecule has 0 bridgehead atoms. The van der Waals surface area contributed by atoms with Gasteiger partial charge >= 0.3 is 6.18 Å². The lowest BCUT2D eigenvalue weighted by molar-refractivity contribution is -0.138. The minimum absolute atomic E-state index is 0.00719. The molecular formula is C29H24F3N3O3. The lowest BCUT2D eigenvalue weighted by atomic mass is 10.1. The molecule has 0 saturated carbocycles. The van der Waals surface area contributed by atoms with Gasteiger partial charge in [0.15, 0.2) is 0 Å². The number of amides is 1. The van der Waals surface area contributed by atoms with Gasteiger partial charge in [-0.05, 0) is 52.7 Å². The molecular weight excluding hydrogens is 495 g/mol. The van der Waals surface area contributed by atoms with Gasteiger partial charge in [0.2, 0.25) is 0 Å². The maximum Gasteiger partial charge on any atom is 0.416 e. The molecule has 5 rings (SSSR count). The van der Waals surface area contributed by atoms with Crippen molar-refractivity contribution in [2.75, 3.05) is 13.2 Å². The van der Waals surface area contributed by atoms with Crippen LogP contribution in [0.15, 0.2) is 84.9 Å². The highest BCUT2D eigenvalue weighted by Gasteiger charge is 2.33. The second kappa shape index (κ2) is 10.5. The van der Waals surface area contributed by atoms with Gasteiger partial charge in [-0.25, -0.2) is 4.98 Å². The molecule has 1 amide bonds. The van der Waals surface area contributed by atoms with E-state index in [4.69, 9.17) is 9.84 Å². The Balaban J connectivity index is 1.52. The quantitative estimate of drug-likeness (QED) is 0.282. The summed E-state index contributed by atoms with van der Waals surface area (Å²) in [5.41, 5.74) is 0.716. The molecule has 0 aliphatic heterocycles. The molecule has 0 aliphatic rings. The predicted molar refractivity (Wildman–Crippen MR) is 138 cm³/mol. The van der Waals surface area contributed by atoms with E-state index in [1.54, 1.807) is 28.8 Å². The fraction of sp³-hybridized carbons (Fsp3) is 0.172. The molecule has 5 aromatic rings. The number of aliphatic hydroxyl groups excluding tert-OH is 1. The Hall–Kier alpha value is -4.37. The van der Waals surface area contributed by atoms with Gasteiger partial charge in [0.1, 0.15) is 18.2 Å². The van der Waals surface area contributed by atoms with Gasteiger partial charge in [0.05, 0.1) is 29.7 Å². The zero-order valence-electron chi connectivity index (χ0n) is 20.2. The van der Waals surface area contributed by atoms with Gasteiger partial charge in [0, 0.05) is 12.1 Å². The fourth-order valence-electron chi connectivity index (χ4n) is 4.39. The van der Waals surface area contributed by atoms with Gasteiger partial charge in [-0.2, -0.15) is 13.2 Å². The average Bonchev–Trinajstić information content (AvgIpc) is 3.26. The Morgan fingerprint density at radius 1 is 0.947 bits per heavy atom. The summed E-state index contributed by atoms with van der Waals surface area (Å²) in [6.07, 6.45) is -4.51. The smallest absolute Gasteiger partial charge is 0.416 e. The molecule has 0 spiro atoms. The third kappa shape index (κ3) is 5.33. The molecule has 38 heavy (non-hydrogen) atoms. The SMILES string of the molecule is O=C(NCCO)c1ccc2c(c1)nc(COc1ccc3ccccc3c1)n2Cc1ccccc1C(F)(F)F. The van der Waals surface area contributed by atoms with Crippen LogP contribution in [-0.4, -0.2) is 33.7 Å². The minimum Gasteiger partial charge on any atom is -0.486 e. The van der Waals surface area contributed by atoms with Gasteiger partial charge in [-0.15, -0.1) is 0 Å². The van der Waals surface area contributed by atoms with E-state index in [0.29, 0.717) is 28.2 Å². The van der Waals surface area contributed by atoms with E-state index < -0.39 is 11.7 Å². The predicted octanol–water partition coefficient (Wildman–Crippen LogP) is 5.56. The number of nitrogens with zero attached hydrogens (tertiary/aromatic N) is 2. The summed E-state index contributed by atoms with van der Waals surface area (Å²) in [5.74, 6) is 0.631. The highest BCUT2D eigenvalue weighted by molar-refractivity contribution is 5.97. The number of carbonyl (C=O) groups excluding carboxylic acids is 1. The Morgan fingerprint density at radius 3 is 2.50 bits per heavy atom. The van der Waals surface area contributed by atoms with Crippen molar-refractivity contribution < 1.29 is 27.8 Å². The van der Waals surface area contributed by atoms with Crippen molar-refractivity contribution in [3.63, 3.8) is 0 Å². The van der Waals surface area contributed by atoms with Gasteiger partial charge < -0.3 is 19.7 Å². The van der Waals surface area contributed by atoms with Crippen molar-refractivity contribution >= 4 is 27.7 Å². The fourth-order valence-corrected chi connectivity index (χ4v) is 4.39. The topological polar surface area (TPSA) is 76.4 Å². The van der Waals surface area contributed by atoms with Crippen LogP contribution in [0.3, 0.4) is 0 Å². The number of rotatable bonds is 8. The van der Waals surface area contributed by atoms with E-state index in [0.717, 1.165) is 16.8 Å². The maximum absolute atomic E-state index is 13.7. The molecule has 6 nitrogen and oxygen atoms in total. The first-order valence-electron chi connectivity index (χ1n) is 12.0. The van der Waals surface area contributed by atoms with E-state index in [2.05, 4.69) is 10.3 Å². The monoisotopic (exact) mass is 519 g/mol. The summed E-state index contributed by atoms with van der Waals surface area (Å²) in [5, 5.41) is 13.6. The van der Waals surface area contributed by atoms with Crippen molar-refractivity contribution in [3.05, 3.63) is 107 Å². The van der Waals surface area contributed by atoms with Crippen molar-refractivity contribution in [1.82, 2.24) is 14.9 Å². The van der Waals surface area contributed by atoms with Crippen molar-refractivity contribution in [2.45, 2.75) is 19.3 Å². The Bertz CT molecular complexity index is 1610. The van der Waals surface area contributed by atoms with Crippen LogP contribution in [0.5, 0.6) is 5.75 Å². The Labute approximate surface area is 216 Å². The normalized spacial score (nSPS) is 11.7. The molecule has 0 radical (unpaired) electrons. The number of carbonyl (C=O) groups is 1. The largest absolute Gasteiger partial charge is 0.486 e. The average molecular weight is 520 g/mol. The second-order valence-corrected chi connectivity index (χ2v) is 8.75. The molecule has 1 heterocycles. The molecule has 9 heteroatoms. The summed E-state index contributed by atoms with van der Waals surface area (Å²) in [4.78, 5) is 17.0. The number of hydrogen-bond acceptors (Lipinski definition) is 4. The number of aliphatic hydroxyl groups is 1. The third-order valence-electron chi connectivity index (χ3n) is 6.23. The molecule has 0 atom stereocenters. The number of hydrogen-bond donors (Lipinski definition) is 2. The molecule has 2 N–H and O–H groups in total. The van der Waals surface area contributed by atoms with Crippen LogP contribution >= 0.6 is 0 Å². The summed E-state index contributed by atoms with van der Waals surface area (Å²) < 4.78 is 48.9. The summed E-state index contributed by atoms with van der Waals surface area (Å²) in [7, 11) is 0. The van der Waals surface area contributed by atoms with E-state index in [1.165, 1.54) is 12.1 Å². The zero-order chi connectivity index (χ0) is 26.7. The van der Waals surface area contributed by atoms with Crippen molar-refractivity contribution in [1.29, 1.82) is 0 Å². The van der Waals surface area contributed by atoms with Gasteiger partial charge in [-0.3, -0.25) is 4.79 Å². The van der Waals surface area contributed by atoms with Crippen molar-refractivity contribution in [2.24, 2.45) is 0 Å². The van der Waals surface area contributed by atoms with E-state index >= 15 is 0 Å². The van der Waals surface area contributed by atoms with Crippen LogP contribution in [0, 0.1) is 0 Å². The number of aromatic nitrogens is 2. The first-order chi connectivity index (χ1) is 18.3. The molecule has 0 fully saturated rings. The highest BCUT2D eigenvalue weighted by Crippen LogP contribution is 2.33. The molecule has 194 valence electrons. The molecule has 0 saturated heterocycles. The molecule has 1 aromatic heterocycles. The number of fused-ring (bicyclic) bond motifs is 2.